The van der Waals surface area contributed by atoms with E-state index in [2.05, 4.69) is 18.0 Å². The Morgan fingerprint density at radius 2 is 1.83 bits per heavy atom. The van der Waals surface area contributed by atoms with Crippen LogP contribution in [0.5, 0.6) is 0 Å². The minimum Gasteiger partial charge on any atom is -0.352 e. The summed E-state index contributed by atoms with van der Waals surface area (Å²) in [6.07, 6.45) is 0.887. The predicted molar refractivity (Wildman–Crippen MR) is 73.9 cm³/mol. The molecule has 2 nitrogen and oxygen atoms in total. The summed E-state index contributed by atoms with van der Waals surface area (Å²) in [5.74, 6) is 0. The number of benzene rings is 2. The number of rotatable bonds is 2. The molecule has 1 aromatic heterocycles. The van der Waals surface area contributed by atoms with Gasteiger partial charge in [0.25, 0.3) is 0 Å². The zero-order valence-electron chi connectivity index (χ0n) is 10.1. The number of fused-ring (bicyclic) bond motifs is 1. The molecule has 1 N–H and O–H groups in total. The van der Waals surface area contributed by atoms with Gasteiger partial charge in [-0.25, -0.2) is 0 Å². The Bertz CT molecular complexity index is 711. The number of H-pyrrole nitrogens is 1. The van der Waals surface area contributed by atoms with Crippen LogP contribution in [0.1, 0.15) is 16.1 Å². The van der Waals surface area contributed by atoms with E-state index >= 15 is 0 Å². The van der Waals surface area contributed by atoms with Gasteiger partial charge in [-0.2, -0.15) is 0 Å². The van der Waals surface area contributed by atoms with Gasteiger partial charge in [-0.3, -0.25) is 4.79 Å². The molecule has 0 spiro atoms. The molecular formula is C16H13NO. The highest BCUT2D eigenvalue weighted by molar-refractivity contribution is 6.04. The van der Waals surface area contributed by atoms with Gasteiger partial charge < -0.3 is 4.98 Å². The van der Waals surface area contributed by atoms with Gasteiger partial charge in [-0.15, -0.1) is 0 Å². The van der Waals surface area contributed by atoms with Crippen LogP contribution >= 0.6 is 0 Å². The van der Waals surface area contributed by atoms with Crippen LogP contribution in [0.15, 0.2) is 48.5 Å². The molecule has 3 rings (SSSR count). The molecule has 3 aromatic rings. The van der Waals surface area contributed by atoms with E-state index in [0.29, 0.717) is 5.69 Å². The van der Waals surface area contributed by atoms with Gasteiger partial charge in [-0.05, 0) is 24.6 Å². The molecule has 88 valence electrons. The van der Waals surface area contributed by atoms with Gasteiger partial charge in [-0.1, -0.05) is 42.0 Å². The summed E-state index contributed by atoms with van der Waals surface area (Å²) in [4.78, 5) is 14.4. The van der Waals surface area contributed by atoms with Crippen LogP contribution < -0.4 is 0 Å². The molecule has 0 aliphatic rings. The van der Waals surface area contributed by atoms with Crippen LogP contribution in [0.4, 0.5) is 0 Å². The molecule has 0 atom stereocenters. The predicted octanol–water partition coefficient (Wildman–Crippen LogP) is 3.96. The molecule has 0 aliphatic heterocycles. The first-order valence-electron chi connectivity index (χ1n) is 5.92. The van der Waals surface area contributed by atoms with Gasteiger partial charge in [0, 0.05) is 16.5 Å². The molecule has 0 amide bonds. The summed E-state index contributed by atoms with van der Waals surface area (Å²) < 4.78 is 0. The van der Waals surface area contributed by atoms with Crippen molar-refractivity contribution in [2.45, 2.75) is 6.92 Å². The van der Waals surface area contributed by atoms with Crippen molar-refractivity contribution in [3.63, 3.8) is 0 Å². The van der Waals surface area contributed by atoms with E-state index < -0.39 is 0 Å². The second-order valence-electron chi connectivity index (χ2n) is 4.45. The third kappa shape index (κ3) is 1.63. The third-order valence-corrected chi connectivity index (χ3v) is 3.16. The zero-order valence-corrected chi connectivity index (χ0v) is 10.1. The third-order valence-electron chi connectivity index (χ3n) is 3.16. The monoisotopic (exact) mass is 235 g/mol. The Morgan fingerprint density at radius 1 is 1.06 bits per heavy atom. The number of aromatic nitrogens is 1. The van der Waals surface area contributed by atoms with Crippen molar-refractivity contribution < 1.29 is 4.79 Å². The number of carbonyl (C=O) groups excluding carboxylic acids is 1. The maximum Gasteiger partial charge on any atom is 0.166 e. The van der Waals surface area contributed by atoms with E-state index in [-0.39, 0.29) is 0 Å². The Kier molecular flexibility index (Phi) is 2.49. The normalized spacial score (nSPS) is 10.7. The van der Waals surface area contributed by atoms with E-state index in [4.69, 9.17) is 0 Å². The lowest BCUT2D eigenvalue weighted by atomic mass is 10.0. The Hall–Kier alpha value is -2.35. The molecule has 2 aromatic carbocycles. The van der Waals surface area contributed by atoms with Gasteiger partial charge in [0.05, 0.1) is 5.69 Å². The van der Waals surface area contributed by atoms with Crippen molar-refractivity contribution in [2.24, 2.45) is 0 Å². The van der Waals surface area contributed by atoms with Gasteiger partial charge in [0.15, 0.2) is 6.29 Å². The molecule has 0 saturated heterocycles. The van der Waals surface area contributed by atoms with E-state index in [1.807, 2.05) is 42.5 Å². The maximum absolute atomic E-state index is 11.2. The lowest BCUT2D eigenvalue weighted by molar-refractivity contribution is 0.112. The number of hydrogen-bond acceptors (Lipinski definition) is 1. The largest absolute Gasteiger partial charge is 0.352 e. The molecule has 18 heavy (non-hydrogen) atoms. The van der Waals surface area contributed by atoms with E-state index in [1.54, 1.807) is 0 Å². The molecule has 0 bridgehead atoms. The number of aromatic amines is 1. The summed E-state index contributed by atoms with van der Waals surface area (Å²) in [6, 6.07) is 16.2. The van der Waals surface area contributed by atoms with Crippen LogP contribution in [0.2, 0.25) is 0 Å². The van der Waals surface area contributed by atoms with Crippen molar-refractivity contribution in [1.82, 2.24) is 4.98 Å². The van der Waals surface area contributed by atoms with Crippen molar-refractivity contribution in [3.05, 3.63) is 59.8 Å². The second-order valence-corrected chi connectivity index (χ2v) is 4.45. The number of carbonyl (C=O) groups is 1. The minimum atomic E-state index is 0.641. The highest BCUT2D eigenvalue weighted by Crippen LogP contribution is 2.32. The van der Waals surface area contributed by atoms with E-state index in [9.17, 15) is 4.79 Å². The van der Waals surface area contributed by atoms with Crippen LogP contribution in [-0.4, -0.2) is 11.3 Å². The van der Waals surface area contributed by atoms with E-state index in [1.165, 1.54) is 5.56 Å². The Balaban J connectivity index is 2.38. The fraction of sp³-hybridized carbons (Fsp3) is 0.0625. The number of nitrogens with one attached hydrogen (secondary N) is 1. The smallest absolute Gasteiger partial charge is 0.166 e. The lowest BCUT2D eigenvalue weighted by Crippen LogP contribution is -1.83. The standard InChI is InChI=1S/C16H13NO/c1-11-7-8-14-13(9-11)16(15(10-18)17-14)12-5-3-2-4-6-12/h2-10,17H,1H3. The SMILES string of the molecule is Cc1ccc2[nH]c(C=O)c(-c3ccccc3)c2c1. The number of aldehydes is 1. The second kappa shape index (κ2) is 4.15. The Morgan fingerprint density at radius 3 is 2.56 bits per heavy atom. The summed E-state index contributed by atoms with van der Waals surface area (Å²) in [7, 11) is 0. The molecule has 2 heteroatoms. The Labute approximate surface area is 105 Å². The quantitative estimate of drug-likeness (QED) is 0.670. The molecule has 1 heterocycles. The summed E-state index contributed by atoms with van der Waals surface area (Å²) >= 11 is 0. The van der Waals surface area contributed by atoms with Crippen molar-refractivity contribution in [1.29, 1.82) is 0 Å². The molecule has 0 radical (unpaired) electrons. The van der Waals surface area contributed by atoms with Crippen LogP contribution in [0.25, 0.3) is 22.0 Å². The van der Waals surface area contributed by atoms with Gasteiger partial charge >= 0.3 is 0 Å². The average molecular weight is 235 g/mol. The first kappa shape index (κ1) is 10.8. The molecule has 0 unspecified atom stereocenters. The van der Waals surface area contributed by atoms with Crippen LogP contribution in [0.3, 0.4) is 0 Å². The summed E-state index contributed by atoms with van der Waals surface area (Å²) in [5, 5.41) is 1.10. The molecule has 0 fully saturated rings. The highest BCUT2D eigenvalue weighted by atomic mass is 16.1. The molecule has 0 aliphatic carbocycles. The van der Waals surface area contributed by atoms with E-state index in [0.717, 1.165) is 28.3 Å². The van der Waals surface area contributed by atoms with Crippen molar-refractivity contribution >= 4 is 17.2 Å². The average Bonchev–Trinajstić information content (AvgIpc) is 2.77. The van der Waals surface area contributed by atoms with Crippen molar-refractivity contribution in [2.75, 3.05) is 0 Å². The topological polar surface area (TPSA) is 32.9 Å². The molecular weight excluding hydrogens is 222 g/mol. The van der Waals surface area contributed by atoms with Gasteiger partial charge in [0.2, 0.25) is 0 Å². The summed E-state index contributed by atoms with van der Waals surface area (Å²) in [6.45, 7) is 2.06. The fourth-order valence-electron chi connectivity index (χ4n) is 2.33. The number of aryl methyl sites for hydroxylation is 1. The maximum atomic E-state index is 11.2. The van der Waals surface area contributed by atoms with Crippen LogP contribution in [0, 0.1) is 6.92 Å². The minimum absolute atomic E-state index is 0.641. The van der Waals surface area contributed by atoms with Crippen molar-refractivity contribution in [3.8, 4) is 11.1 Å². The molecule has 0 saturated carbocycles. The highest BCUT2D eigenvalue weighted by Gasteiger charge is 2.12. The number of hydrogen-bond donors (Lipinski definition) is 1. The van der Waals surface area contributed by atoms with Crippen LogP contribution in [-0.2, 0) is 0 Å². The lowest BCUT2D eigenvalue weighted by Gasteiger charge is -2.01. The summed E-state index contributed by atoms with van der Waals surface area (Å²) in [5.41, 5.74) is 4.89. The van der Waals surface area contributed by atoms with Gasteiger partial charge in [0.1, 0.15) is 0 Å². The first-order valence-corrected chi connectivity index (χ1v) is 5.92. The zero-order chi connectivity index (χ0) is 12.5. The fourth-order valence-corrected chi connectivity index (χ4v) is 2.33. The first-order chi connectivity index (χ1) is 8.79.